The second-order valence-electron chi connectivity index (χ2n) is 18.5. The van der Waals surface area contributed by atoms with Gasteiger partial charge in [-0.3, -0.25) is 0 Å². The molecule has 0 atom stereocenters. The summed E-state index contributed by atoms with van der Waals surface area (Å²) in [5, 5.41) is 6.31. The third-order valence-electron chi connectivity index (χ3n) is 14.1. The van der Waals surface area contributed by atoms with Gasteiger partial charge in [-0.1, -0.05) is 172 Å². The molecule has 11 aromatic rings. The van der Waals surface area contributed by atoms with Crippen LogP contribution in [0.5, 0.6) is 0 Å². The van der Waals surface area contributed by atoms with Crippen LogP contribution in [0.4, 0.5) is 38.5 Å². The maximum Gasteiger partial charge on any atom is 0.171 e. The molecular formula is C61H43FN2O. The molecule has 0 bridgehead atoms. The maximum atomic E-state index is 15.6. The zero-order valence-electron chi connectivity index (χ0n) is 36.3. The lowest BCUT2D eigenvalue weighted by Crippen LogP contribution is -2.36. The summed E-state index contributed by atoms with van der Waals surface area (Å²) in [6, 6.07) is 73.9. The molecule has 0 amide bonds. The number of benzene rings is 10. The number of anilines is 6. The normalized spacial score (nSPS) is 13.6. The van der Waals surface area contributed by atoms with Crippen molar-refractivity contribution in [3.63, 3.8) is 0 Å². The van der Waals surface area contributed by atoms with Gasteiger partial charge in [0.2, 0.25) is 0 Å². The van der Waals surface area contributed by atoms with E-state index in [2.05, 4.69) is 213 Å². The monoisotopic (exact) mass is 838 g/mol. The van der Waals surface area contributed by atoms with E-state index in [-0.39, 0.29) is 16.8 Å². The molecule has 1 spiro atoms. The Kier molecular flexibility index (Phi) is 7.97. The molecular weight excluding hydrogens is 796 g/mol. The van der Waals surface area contributed by atoms with Gasteiger partial charge in [0.1, 0.15) is 0 Å². The Hall–Kier alpha value is -7.95. The Bertz CT molecular complexity index is 3680. The number of para-hydroxylation sites is 5. The van der Waals surface area contributed by atoms with Gasteiger partial charge < -0.3 is 14.2 Å². The number of halogens is 1. The van der Waals surface area contributed by atoms with Gasteiger partial charge in [-0.05, 0) is 115 Å². The average molecular weight is 839 g/mol. The fourth-order valence-corrected chi connectivity index (χ4v) is 11.3. The fourth-order valence-electron chi connectivity index (χ4n) is 11.3. The van der Waals surface area contributed by atoms with Gasteiger partial charge in [-0.15, -0.1) is 0 Å². The lowest BCUT2D eigenvalue weighted by molar-refractivity contribution is 0.584. The van der Waals surface area contributed by atoms with Gasteiger partial charge in [0.15, 0.2) is 17.0 Å². The van der Waals surface area contributed by atoms with Crippen LogP contribution in [-0.4, -0.2) is 0 Å². The SMILES string of the molecule is CC(C)(C)c1ccc(N(c2cc3c(c4ccccc24)-c2c(ccc4ccccc24)C32c3ccccc3N(c3ccccc3)c3ccccc32)c2cccc3c2oc2c(F)cccc23)cc1. The van der Waals surface area contributed by atoms with Crippen LogP contribution in [0.25, 0.3) is 54.6 Å². The first-order chi connectivity index (χ1) is 31.8. The summed E-state index contributed by atoms with van der Waals surface area (Å²) in [6.45, 7) is 6.74. The molecule has 2 heterocycles. The number of nitrogens with zero attached hydrogens (tertiary/aromatic N) is 2. The van der Waals surface area contributed by atoms with Crippen molar-refractivity contribution in [3.8, 4) is 11.1 Å². The molecule has 1 aromatic heterocycles. The Labute approximate surface area is 377 Å². The quantitative estimate of drug-likeness (QED) is 0.176. The second kappa shape index (κ2) is 13.8. The number of hydrogen-bond donors (Lipinski definition) is 0. The lowest BCUT2D eigenvalue weighted by atomic mass is 9.64. The minimum absolute atomic E-state index is 0.0454. The summed E-state index contributed by atoms with van der Waals surface area (Å²) in [5.74, 6) is -0.375. The molecule has 0 fully saturated rings. The summed E-state index contributed by atoms with van der Waals surface area (Å²) < 4.78 is 22.3. The highest BCUT2D eigenvalue weighted by Crippen LogP contribution is 2.66. The van der Waals surface area contributed by atoms with Crippen LogP contribution in [0.15, 0.2) is 211 Å². The summed E-state index contributed by atoms with van der Waals surface area (Å²) in [7, 11) is 0. The minimum atomic E-state index is -0.720. The van der Waals surface area contributed by atoms with Crippen molar-refractivity contribution in [3.05, 3.63) is 240 Å². The van der Waals surface area contributed by atoms with Crippen molar-refractivity contribution in [1.82, 2.24) is 0 Å². The standard InChI is InChI=1S/C61H43FN2O/c1-60(2,3)39-32-34-41(35-33-39)64(54-30-16-24-46-45-23-15-27-51(62)58(45)65-59(46)54)55-37-50-57(44-22-10-9-21-43(44)55)56-42-20-8-7-17-38(42)31-36-49(56)61(50)47-25-11-13-28-52(47)63(40-18-5-4-6-19-40)53-29-14-12-26-48(53)61/h4-37H,1-3H3. The number of furan rings is 1. The smallest absolute Gasteiger partial charge is 0.171 e. The molecule has 2 aliphatic rings. The number of hydrogen-bond acceptors (Lipinski definition) is 3. The van der Waals surface area contributed by atoms with E-state index in [0.717, 1.165) is 55.7 Å². The molecule has 0 saturated carbocycles. The summed E-state index contributed by atoms with van der Waals surface area (Å²) >= 11 is 0. The van der Waals surface area contributed by atoms with Gasteiger partial charge in [-0.25, -0.2) is 4.39 Å². The predicted octanol–water partition coefficient (Wildman–Crippen LogP) is 16.9. The fraction of sp³-hybridized carbons (Fsp3) is 0.0820. The molecule has 310 valence electrons. The summed E-state index contributed by atoms with van der Waals surface area (Å²) in [6.07, 6.45) is 0. The van der Waals surface area contributed by atoms with Crippen LogP contribution >= 0.6 is 0 Å². The van der Waals surface area contributed by atoms with Gasteiger partial charge in [0, 0.05) is 27.5 Å². The van der Waals surface area contributed by atoms with E-state index in [4.69, 9.17) is 4.42 Å². The van der Waals surface area contributed by atoms with Gasteiger partial charge >= 0.3 is 0 Å². The van der Waals surface area contributed by atoms with E-state index in [1.54, 1.807) is 6.07 Å². The van der Waals surface area contributed by atoms with Crippen LogP contribution in [0.3, 0.4) is 0 Å². The van der Waals surface area contributed by atoms with E-state index < -0.39 is 5.41 Å². The van der Waals surface area contributed by atoms with Crippen LogP contribution in [0.1, 0.15) is 48.6 Å². The largest absolute Gasteiger partial charge is 0.451 e. The average Bonchev–Trinajstić information content (AvgIpc) is 3.88. The van der Waals surface area contributed by atoms with Crippen molar-refractivity contribution in [2.75, 3.05) is 9.80 Å². The zero-order chi connectivity index (χ0) is 43.6. The van der Waals surface area contributed by atoms with Gasteiger partial charge in [0.25, 0.3) is 0 Å². The molecule has 4 heteroatoms. The molecule has 1 aliphatic heterocycles. The minimum Gasteiger partial charge on any atom is -0.451 e. The Morgan fingerprint density at radius 1 is 0.462 bits per heavy atom. The second-order valence-corrected chi connectivity index (χ2v) is 18.5. The Morgan fingerprint density at radius 3 is 1.77 bits per heavy atom. The molecule has 13 rings (SSSR count). The van der Waals surface area contributed by atoms with Crippen molar-refractivity contribution in [2.24, 2.45) is 0 Å². The van der Waals surface area contributed by atoms with Crippen molar-refractivity contribution < 1.29 is 8.81 Å². The van der Waals surface area contributed by atoms with Crippen molar-refractivity contribution in [2.45, 2.75) is 31.6 Å². The van der Waals surface area contributed by atoms with Crippen LogP contribution in [-0.2, 0) is 10.8 Å². The van der Waals surface area contributed by atoms with E-state index in [9.17, 15) is 0 Å². The highest BCUT2D eigenvalue weighted by Gasteiger charge is 2.53. The van der Waals surface area contributed by atoms with E-state index in [0.29, 0.717) is 5.58 Å². The molecule has 1 aliphatic carbocycles. The Balaban J connectivity index is 1.20. The summed E-state index contributed by atoms with van der Waals surface area (Å²) in [4.78, 5) is 4.78. The van der Waals surface area contributed by atoms with Crippen molar-refractivity contribution >= 4 is 77.6 Å². The molecule has 65 heavy (non-hydrogen) atoms. The van der Waals surface area contributed by atoms with Gasteiger partial charge in [-0.2, -0.15) is 0 Å². The lowest BCUT2D eigenvalue weighted by Gasteiger charge is -2.45. The first-order valence-corrected chi connectivity index (χ1v) is 22.5. The molecule has 0 unspecified atom stereocenters. The summed E-state index contributed by atoms with van der Waals surface area (Å²) in [5.41, 5.74) is 15.0. The highest BCUT2D eigenvalue weighted by molar-refractivity contribution is 6.18. The first-order valence-electron chi connectivity index (χ1n) is 22.5. The van der Waals surface area contributed by atoms with E-state index in [1.807, 2.05) is 12.1 Å². The maximum absolute atomic E-state index is 15.6. The molecule has 0 N–H and O–H groups in total. The van der Waals surface area contributed by atoms with E-state index >= 15 is 4.39 Å². The molecule has 10 aromatic carbocycles. The molecule has 3 nitrogen and oxygen atoms in total. The van der Waals surface area contributed by atoms with E-state index in [1.165, 1.54) is 55.8 Å². The molecule has 0 saturated heterocycles. The molecule has 0 radical (unpaired) electrons. The van der Waals surface area contributed by atoms with Gasteiger partial charge in [0.05, 0.1) is 28.2 Å². The predicted molar refractivity (Wildman–Crippen MR) is 268 cm³/mol. The highest BCUT2D eigenvalue weighted by atomic mass is 19.1. The Morgan fingerprint density at radius 2 is 1.05 bits per heavy atom. The van der Waals surface area contributed by atoms with Crippen molar-refractivity contribution in [1.29, 1.82) is 0 Å². The topological polar surface area (TPSA) is 19.6 Å². The first kappa shape index (κ1) is 37.6. The zero-order valence-corrected chi connectivity index (χ0v) is 36.3. The van der Waals surface area contributed by atoms with Crippen LogP contribution in [0.2, 0.25) is 0 Å². The van der Waals surface area contributed by atoms with Crippen LogP contribution < -0.4 is 9.80 Å². The van der Waals surface area contributed by atoms with Crippen LogP contribution in [0, 0.1) is 5.82 Å². The number of fused-ring (bicyclic) bond motifs is 16. The third-order valence-corrected chi connectivity index (χ3v) is 14.1. The number of rotatable bonds is 4. The third kappa shape index (κ3) is 5.22.